The molecule has 1 aliphatic carbocycles. The van der Waals surface area contributed by atoms with Crippen molar-refractivity contribution < 1.29 is 19.4 Å². The quantitative estimate of drug-likeness (QED) is 0.411. The summed E-state index contributed by atoms with van der Waals surface area (Å²) in [5.41, 5.74) is 4.31. The van der Waals surface area contributed by atoms with Crippen LogP contribution in [0.15, 0.2) is 42.5 Å². The summed E-state index contributed by atoms with van der Waals surface area (Å²) >= 11 is 0. The summed E-state index contributed by atoms with van der Waals surface area (Å²) in [5, 5.41) is 14.2. The third-order valence-corrected chi connectivity index (χ3v) is 9.56. The lowest BCUT2D eigenvalue weighted by Crippen LogP contribution is -2.57. The highest BCUT2D eigenvalue weighted by Gasteiger charge is 2.36. The van der Waals surface area contributed by atoms with Gasteiger partial charge in [-0.05, 0) is 88.1 Å². The molecule has 1 saturated carbocycles. The molecule has 3 aromatic rings. The lowest BCUT2D eigenvalue weighted by Gasteiger charge is -2.38. The Morgan fingerprint density at radius 3 is 2.46 bits per heavy atom. The number of piperidine rings is 1. The van der Waals surface area contributed by atoms with E-state index in [2.05, 4.69) is 34.1 Å². The van der Waals surface area contributed by atoms with Crippen LogP contribution in [0.4, 0.5) is 0 Å². The number of nitrogens with zero attached hydrogens (tertiary/aromatic N) is 2. The molecule has 0 bridgehead atoms. The molecule has 3 aliphatic rings. The number of para-hydroxylation sites is 1. The predicted molar refractivity (Wildman–Crippen MR) is 161 cm³/mol. The maximum absolute atomic E-state index is 13.6. The molecule has 1 aromatic heterocycles. The Morgan fingerprint density at radius 2 is 1.73 bits per heavy atom. The number of benzene rings is 2. The fraction of sp³-hybridized carbons (Fsp3) is 0.529. The van der Waals surface area contributed by atoms with Crippen LogP contribution in [0.25, 0.3) is 22.2 Å². The van der Waals surface area contributed by atoms with E-state index in [0.29, 0.717) is 37.7 Å². The standard InChI is InChI=1S/C34H43N3O4/c1-22(38)23-15-17-36(18-16-23)33(40)34(2,3)35-32(39)25-13-14-26-28(21-25)37-19-20-41-29-12-8-7-11-27(29)31(37)30(26)24-9-5-4-6-10-24/h7-8,11-14,21-24,38H,4-6,9-10,15-20H2,1-3H3,(H,35,39). The van der Waals surface area contributed by atoms with Crippen LogP contribution in [0.5, 0.6) is 5.75 Å². The fourth-order valence-electron chi connectivity index (χ4n) is 7.27. The largest absolute Gasteiger partial charge is 0.491 e. The van der Waals surface area contributed by atoms with Crippen molar-refractivity contribution in [1.82, 2.24) is 14.8 Å². The lowest BCUT2D eigenvalue weighted by molar-refractivity contribution is -0.138. The molecule has 2 N–H and O–H groups in total. The van der Waals surface area contributed by atoms with E-state index in [1.807, 2.05) is 30.0 Å². The van der Waals surface area contributed by atoms with Gasteiger partial charge in [0.2, 0.25) is 5.91 Å². The Kier molecular flexibility index (Phi) is 7.58. The van der Waals surface area contributed by atoms with Gasteiger partial charge in [0, 0.05) is 35.1 Å². The van der Waals surface area contributed by atoms with Gasteiger partial charge >= 0.3 is 0 Å². The predicted octanol–water partition coefficient (Wildman–Crippen LogP) is 5.88. The van der Waals surface area contributed by atoms with Gasteiger partial charge in [-0.2, -0.15) is 0 Å². The number of carbonyl (C=O) groups is 2. The fourth-order valence-corrected chi connectivity index (χ4v) is 7.27. The zero-order chi connectivity index (χ0) is 28.7. The third kappa shape index (κ3) is 5.25. The minimum absolute atomic E-state index is 0.0825. The lowest BCUT2D eigenvalue weighted by atomic mass is 9.81. The Bertz CT molecular complexity index is 1440. The Balaban J connectivity index is 1.32. The molecule has 2 aliphatic heterocycles. The zero-order valence-corrected chi connectivity index (χ0v) is 24.6. The van der Waals surface area contributed by atoms with E-state index in [0.717, 1.165) is 29.7 Å². The molecule has 7 nitrogen and oxygen atoms in total. The molecule has 41 heavy (non-hydrogen) atoms. The summed E-state index contributed by atoms with van der Waals surface area (Å²) < 4.78 is 8.52. The minimum atomic E-state index is -1.04. The second-order valence-electron chi connectivity index (χ2n) is 12.8. The number of hydrogen-bond acceptors (Lipinski definition) is 4. The SMILES string of the molecule is CC(O)C1CCN(C(=O)C(C)(C)NC(=O)c2ccc3c(C4CCCCC4)c4n(c3c2)CCOc2ccccc2-4)CC1. The van der Waals surface area contributed by atoms with Crippen molar-refractivity contribution in [2.24, 2.45) is 5.92 Å². The topological polar surface area (TPSA) is 83.8 Å². The van der Waals surface area contributed by atoms with E-state index in [-0.39, 0.29) is 23.8 Å². The van der Waals surface area contributed by atoms with Crippen LogP contribution in [-0.2, 0) is 11.3 Å². The highest BCUT2D eigenvalue weighted by atomic mass is 16.5. The first kappa shape index (κ1) is 27.8. The number of amides is 2. The van der Waals surface area contributed by atoms with E-state index in [1.54, 1.807) is 13.8 Å². The maximum Gasteiger partial charge on any atom is 0.252 e. The van der Waals surface area contributed by atoms with E-state index in [1.165, 1.54) is 48.7 Å². The summed E-state index contributed by atoms with van der Waals surface area (Å²) in [6.45, 7) is 7.87. The first-order chi connectivity index (χ1) is 19.7. The van der Waals surface area contributed by atoms with Crippen LogP contribution in [0.2, 0.25) is 0 Å². The summed E-state index contributed by atoms with van der Waals surface area (Å²) in [6.07, 6.45) is 7.34. The normalized spacial score (nSPS) is 19.2. The van der Waals surface area contributed by atoms with Crippen molar-refractivity contribution in [1.29, 1.82) is 0 Å². The van der Waals surface area contributed by atoms with Crippen LogP contribution in [0.3, 0.4) is 0 Å². The van der Waals surface area contributed by atoms with Crippen LogP contribution < -0.4 is 10.1 Å². The highest BCUT2D eigenvalue weighted by Crippen LogP contribution is 2.47. The average molecular weight is 558 g/mol. The van der Waals surface area contributed by atoms with Crippen LogP contribution in [-0.4, -0.2) is 57.7 Å². The molecule has 6 rings (SSSR count). The average Bonchev–Trinajstić information content (AvgIpc) is 3.18. The van der Waals surface area contributed by atoms with E-state index in [4.69, 9.17) is 4.74 Å². The molecule has 0 radical (unpaired) electrons. The van der Waals surface area contributed by atoms with Crippen molar-refractivity contribution in [3.8, 4) is 17.0 Å². The van der Waals surface area contributed by atoms with E-state index >= 15 is 0 Å². The molecule has 218 valence electrons. The van der Waals surface area contributed by atoms with Crippen LogP contribution >= 0.6 is 0 Å². The zero-order valence-electron chi connectivity index (χ0n) is 24.6. The van der Waals surface area contributed by atoms with Gasteiger partial charge in [0.25, 0.3) is 5.91 Å². The Hall–Kier alpha value is -3.32. The number of likely N-dealkylation sites (tertiary alicyclic amines) is 1. The number of fused-ring (bicyclic) bond motifs is 5. The Morgan fingerprint density at radius 1 is 1.00 bits per heavy atom. The minimum Gasteiger partial charge on any atom is -0.491 e. The molecule has 1 saturated heterocycles. The molecule has 2 aromatic carbocycles. The maximum atomic E-state index is 13.6. The van der Waals surface area contributed by atoms with Crippen molar-refractivity contribution >= 4 is 22.7 Å². The summed E-state index contributed by atoms with van der Waals surface area (Å²) in [7, 11) is 0. The first-order valence-corrected chi connectivity index (χ1v) is 15.4. The van der Waals surface area contributed by atoms with Crippen molar-refractivity contribution in [2.45, 2.75) is 89.8 Å². The molecule has 2 fully saturated rings. The molecular weight excluding hydrogens is 514 g/mol. The first-order valence-electron chi connectivity index (χ1n) is 15.4. The molecular formula is C34H43N3O4. The van der Waals surface area contributed by atoms with Gasteiger partial charge in [-0.3, -0.25) is 9.59 Å². The van der Waals surface area contributed by atoms with Crippen LogP contribution in [0.1, 0.15) is 87.6 Å². The summed E-state index contributed by atoms with van der Waals surface area (Å²) in [5.74, 6) is 1.30. The van der Waals surface area contributed by atoms with Crippen molar-refractivity contribution in [3.05, 3.63) is 53.6 Å². The van der Waals surface area contributed by atoms with E-state index < -0.39 is 5.54 Å². The number of hydrogen-bond donors (Lipinski definition) is 2. The highest BCUT2D eigenvalue weighted by molar-refractivity contribution is 6.03. The number of aliphatic hydroxyl groups is 1. The molecule has 3 heterocycles. The third-order valence-electron chi connectivity index (χ3n) is 9.56. The van der Waals surface area contributed by atoms with Gasteiger partial charge in [-0.15, -0.1) is 0 Å². The number of ether oxygens (including phenoxy) is 1. The monoisotopic (exact) mass is 557 g/mol. The number of carbonyl (C=O) groups excluding carboxylic acids is 2. The van der Waals surface area contributed by atoms with Gasteiger partial charge in [0.15, 0.2) is 0 Å². The number of nitrogens with one attached hydrogen (secondary N) is 1. The summed E-state index contributed by atoms with van der Waals surface area (Å²) in [6, 6.07) is 14.4. The summed E-state index contributed by atoms with van der Waals surface area (Å²) in [4.78, 5) is 28.9. The van der Waals surface area contributed by atoms with Gasteiger partial charge in [0.1, 0.15) is 17.9 Å². The smallest absolute Gasteiger partial charge is 0.252 e. The van der Waals surface area contributed by atoms with Gasteiger partial charge < -0.3 is 24.6 Å². The van der Waals surface area contributed by atoms with Crippen molar-refractivity contribution in [3.63, 3.8) is 0 Å². The second kappa shape index (κ2) is 11.2. The number of aromatic nitrogens is 1. The van der Waals surface area contributed by atoms with Crippen molar-refractivity contribution in [2.75, 3.05) is 19.7 Å². The van der Waals surface area contributed by atoms with Crippen LogP contribution in [0, 0.1) is 5.92 Å². The molecule has 1 unspecified atom stereocenters. The van der Waals surface area contributed by atoms with Gasteiger partial charge in [0.05, 0.1) is 18.3 Å². The number of aliphatic hydroxyl groups excluding tert-OH is 1. The second-order valence-corrected chi connectivity index (χ2v) is 12.8. The molecule has 7 heteroatoms. The molecule has 0 spiro atoms. The van der Waals surface area contributed by atoms with E-state index in [9.17, 15) is 14.7 Å². The molecule has 1 atom stereocenters. The number of rotatable bonds is 5. The van der Waals surface area contributed by atoms with Gasteiger partial charge in [-0.25, -0.2) is 0 Å². The van der Waals surface area contributed by atoms with Gasteiger partial charge in [-0.1, -0.05) is 37.5 Å². The molecule has 2 amide bonds. The Labute approximate surface area is 242 Å².